The van der Waals surface area contributed by atoms with Crippen LogP contribution in [0.4, 0.5) is 8.78 Å². The summed E-state index contributed by atoms with van der Waals surface area (Å²) in [5.74, 6) is 0.996. The first-order valence-electron chi connectivity index (χ1n) is 7.18. The summed E-state index contributed by atoms with van der Waals surface area (Å²) in [6.45, 7) is -2.31. The number of hydrogen-bond acceptors (Lipinski definition) is 4. The van der Waals surface area contributed by atoms with Crippen LogP contribution in [-0.4, -0.2) is 32.8 Å². The van der Waals surface area contributed by atoms with Crippen molar-refractivity contribution >= 4 is 5.91 Å². The molecule has 2 rings (SSSR count). The first-order chi connectivity index (χ1) is 11.6. The largest absolute Gasteiger partial charge is 0.497 e. The molecule has 5 nitrogen and oxygen atoms in total. The Kier molecular flexibility index (Phi) is 6.36. The lowest BCUT2D eigenvalue weighted by atomic mass is 10.2. The molecule has 0 saturated carbocycles. The van der Waals surface area contributed by atoms with Crippen molar-refractivity contribution in [1.82, 2.24) is 5.32 Å². The van der Waals surface area contributed by atoms with Crippen LogP contribution in [-0.2, 0) is 0 Å². The van der Waals surface area contributed by atoms with Crippen LogP contribution >= 0.6 is 0 Å². The number of hydrogen-bond donors (Lipinski definition) is 1. The number of methoxy groups -OCH3 is 1. The Balaban J connectivity index is 1.76. The minimum Gasteiger partial charge on any atom is -0.497 e. The van der Waals surface area contributed by atoms with Gasteiger partial charge in [-0.15, -0.1) is 0 Å². The number of nitrogens with one attached hydrogen (secondary N) is 1. The van der Waals surface area contributed by atoms with Crippen molar-refractivity contribution in [1.29, 1.82) is 0 Å². The maximum atomic E-state index is 12.0. The molecule has 0 heterocycles. The Morgan fingerprint density at radius 2 is 1.79 bits per heavy atom. The van der Waals surface area contributed by atoms with Gasteiger partial charge < -0.3 is 19.5 Å². The smallest absolute Gasteiger partial charge is 0.387 e. The minimum absolute atomic E-state index is 0.00269. The molecular formula is C17H17F2NO4. The number of carbonyl (C=O) groups is 1. The maximum absolute atomic E-state index is 12.0. The van der Waals surface area contributed by atoms with E-state index >= 15 is 0 Å². The van der Waals surface area contributed by atoms with Gasteiger partial charge in [-0.2, -0.15) is 8.78 Å². The van der Waals surface area contributed by atoms with Gasteiger partial charge in [0.05, 0.1) is 13.7 Å². The van der Waals surface area contributed by atoms with Crippen LogP contribution in [0.3, 0.4) is 0 Å². The summed E-state index contributed by atoms with van der Waals surface area (Å²) in [7, 11) is 1.57. The van der Waals surface area contributed by atoms with Crippen LogP contribution in [0.15, 0.2) is 48.5 Å². The summed E-state index contributed by atoms with van der Waals surface area (Å²) in [6, 6.07) is 12.6. The van der Waals surface area contributed by atoms with Gasteiger partial charge in [0.1, 0.15) is 23.9 Å². The minimum atomic E-state index is -2.89. The van der Waals surface area contributed by atoms with E-state index in [-0.39, 0.29) is 18.3 Å². The van der Waals surface area contributed by atoms with Crippen molar-refractivity contribution in [2.45, 2.75) is 6.61 Å². The van der Waals surface area contributed by atoms with Crippen molar-refractivity contribution in [3.8, 4) is 17.2 Å². The van der Waals surface area contributed by atoms with E-state index in [2.05, 4.69) is 10.1 Å². The van der Waals surface area contributed by atoms with Gasteiger partial charge in [-0.25, -0.2) is 0 Å². The monoisotopic (exact) mass is 337 g/mol. The van der Waals surface area contributed by atoms with E-state index in [4.69, 9.17) is 9.47 Å². The van der Waals surface area contributed by atoms with E-state index in [1.807, 2.05) is 0 Å². The standard InChI is InChI=1S/C17H17F2NO4/c1-22-14-3-2-4-15(11-14)23-10-9-20-16(21)12-5-7-13(8-6-12)24-17(18)19/h2-8,11,17H,9-10H2,1H3,(H,20,21). The second kappa shape index (κ2) is 8.71. The van der Waals surface area contributed by atoms with Gasteiger partial charge in [0, 0.05) is 11.6 Å². The Bertz CT molecular complexity index is 662. The molecule has 0 bridgehead atoms. The number of amides is 1. The van der Waals surface area contributed by atoms with Crippen LogP contribution in [0.2, 0.25) is 0 Å². The molecule has 24 heavy (non-hydrogen) atoms. The van der Waals surface area contributed by atoms with E-state index < -0.39 is 6.61 Å². The van der Waals surface area contributed by atoms with Crippen LogP contribution in [0.25, 0.3) is 0 Å². The topological polar surface area (TPSA) is 56.8 Å². The fourth-order valence-electron chi connectivity index (χ4n) is 1.91. The van der Waals surface area contributed by atoms with Gasteiger partial charge in [0.15, 0.2) is 0 Å². The van der Waals surface area contributed by atoms with Gasteiger partial charge >= 0.3 is 6.61 Å². The molecule has 2 aromatic rings. The second-order valence-corrected chi connectivity index (χ2v) is 4.69. The van der Waals surface area contributed by atoms with E-state index in [0.717, 1.165) is 0 Å². The molecule has 2 aromatic carbocycles. The van der Waals surface area contributed by atoms with Crippen LogP contribution in [0.5, 0.6) is 17.2 Å². The normalized spacial score (nSPS) is 10.3. The summed E-state index contributed by atoms with van der Waals surface area (Å²) in [6.07, 6.45) is 0. The van der Waals surface area contributed by atoms with Gasteiger partial charge in [-0.3, -0.25) is 4.79 Å². The quantitative estimate of drug-likeness (QED) is 0.752. The number of carbonyl (C=O) groups excluding carboxylic acids is 1. The molecule has 0 spiro atoms. The summed E-state index contributed by atoms with van der Waals surface area (Å²) in [5, 5.41) is 2.67. The summed E-state index contributed by atoms with van der Waals surface area (Å²) >= 11 is 0. The number of rotatable bonds is 8. The molecule has 0 aliphatic carbocycles. The highest BCUT2D eigenvalue weighted by Gasteiger charge is 2.07. The molecule has 1 N–H and O–H groups in total. The zero-order chi connectivity index (χ0) is 17.4. The van der Waals surface area contributed by atoms with Gasteiger partial charge in [-0.05, 0) is 36.4 Å². The summed E-state index contributed by atoms with van der Waals surface area (Å²) in [5.41, 5.74) is 0.345. The highest BCUT2D eigenvalue weighted by Crippen LogP contribution is 2.18. The molecule has 0 radical (unpaired) electrons. The van der Waals surface area contributed by atoms with Crippen LogP contribution < -0.4 is 19.5 Å². The van der Waals surface area contributed by atoms with E-state index in [1.54, 1.807) is 31.4 Å². The fourth-order valence-corrected chi connectivity index (χ4v) is 1.91. The Morgan fingerprint density at radius 1 is 1.08 bits per heavy atom. The van der Waals surface area contributed by atoms with E-state index in [9.17, 15) is 13.6 Å². The first kappa shape index (κ1) is 17.5. The lowest BCUT2D eigenvalue weighted by Crippen LogP contribution is -2.28. The molecule has 0 aliphatic heterocycles. The molecule has 0 unspecified atom stereocenters. The molecule has 1 amide bonds. The van der Waals surface area contributed by atoms with E-state index in [0.29, 0.717) is 23.6 Å². The van der Waals surface area contributed by atoms with Crippen molar-refractivity contribution in [3.05, 3.63) is 54.1 Å². The lowest BCUT2D eigenvalue weighted by Gasteiger charge is -2.09. The second-order valence-electron chi connectivity index (χ2n) is 4.69. The lowest BCUT2D eigenvalue weighted by molar-refractivity contribution is -0.0498. The average Bonchev–Trinajstić information content (AvgIpc) is 2.59. The Morgan fingerprint density at radius 3 is 2.46 bits per heavy atom. The van der Waals surface area contributed by atoms with Crippen molar-refractivity contribution in [2.75, 3.05) is 20.3 Å². The third kappa shape index (κ3) is 5.42. The fraction of sp³-hybridized carbons (Fsp3) is 0.235. The molecule has 0 aliphatic rings. The number of ether oxygens (including phenoxy) is 3. The zero-order valence-corrected chi connectivity index (χ0v) is 13.0. The van der Waals surface area contributed by atoms with Gasteiger partial charge in [0.25, 0.3) is 5.91 Å². The molecule has 128 valence electrons. The Hall–Kier alpha value is -2.83. The molecule has 7 heteroatoms. The molecule has 0 fully saturated rings. The van der Waals surface area contributed by atoms with Crippen LogP contribution in [0, 0.1) is 0 Å². The van der Waals surface area contributed by atoms with Crippen molar-refractivity contribution < 1.29 is 27.8 Å². The SMILES string of the molecule is COc1cccc(OCCNC(=O)c2ccc(OC(F)F)cc2)c1. The predicted molar refractivity (Wildman–Crippen MR) is 83.9 cm³/mol. The highest BCUT2D eigenvalue weighted by atomic mass is 19.3. The van der Waals surface area contributed by atoms with E-state index in [1.165, 1.54) is 24.3 Å². The maximum Gasteiger partial charge on any atom is 0.387 e. The predicted octanol–water partition coefficient (Wildman–Crippen LogP) is 3.11. The zero-order valence-electron chi connectivity index (χ0n) is 13.0. The number of halogens is 2. The molecule has 0 saturated heterocycles. The Labute approximate surface area is 138 Å². The highest BCUT2D eigenvalue weighted by molar-refractivity contribution is 5.94. The van der Waals surface area contributed by atoms with Crippen molar-refractivity contribution in [2.24, 2.45) is 0 Å². The first-order valence-corrected chi connectivity index (χ1v) is 7.18. The third-order valence-corrected chi connectivity index (χ3v) is 3.04. The number of alkyl halides is 2. The van der Waals surface area contributed by atoms with Gasteiger partial charge in [-0.1, -0.05) is 6.07 Å². The van der Waals surface area contributed by atoms with Crippen molar-refractivity contribution in [3.63, 3.8) is 0 Å². The molecule has 0 aromatic heterocycles. The summed E-state index contributed by atoms with van der Waals surface area (Å²) in [4.78, 5) is 11.9. The van der Waals surface area contributed by atoms with Crippen LogP contribution in [0.1, 0.15) is 10.4 Å². The number of benzene rings is 2. The van der Waals surface area contributed by atoms with Gasteiger partial charge in [0.2, 0.25) is 0 Å². The average molecular weight is 337 g/mol. The molecular weight excluding hydrogens is 320 g/mol. The molecule has 0 atom stereocenters. The summed E-state index contributed by atoms with van der Waals surface area (Å²) < 4.78 is 38.9. The third-order valence-electron chi connectivity index (χ3n) is 3.04.